The number of nitrogens with zero attached hydrogens (tertiary/aromatic N) is 4. The first kappa shape index (κ1) is 16.7. The second kappa shape index (κ2) is 7.25. The van der Waals surface area contributed by atoms with E-state index in [1.54, 1.807) is 15.8 Å². The van der Waals surface area contributed by atoms with Crippen LogP contribution in [0.4, 0.5) is 0 Å². The number of amides is 1. The molecule has 3 aromatic rings. The van der Waals surface area contributed by atoms with Gasteiger partial charge < -0.3 is 10.0 Å². The van der Waals surface area contributed by atoms with Gasteiger partial charge in [0, 0.05) is 6.54 Å². The average molecular weight is 350 g/mol. The maximum absolute atomic E-state index is 12.7. The summed E-state index contributed by atoms with van der Waals surface area (Å²) in [5.74, 6) is -0.145. The predicted octanol–water partition coefficient (Wildman–Crippen LogP) is 2.47. The van der Waals surface area contributed by atoms with Crippen LogP contribution >= 0.6 is 0 Å². The van der Waals surface area contributed by atoms with Crippen molar-refractivity contribution in [2.24, 2.45) is 0 Å². The molecular weight excluding hydrogens is 328 g/mol. The van der Waals surface area contributed by atoms with Crippen LogP contribution in [-0.2, 0) is 6.54 Å². The Bertz CT molecular complexity index is 916. The van der Waals surface area contributed by atoms with Crippen molar-refractivity contribution >= 4 is 16.7 Å². The van der Waals surface area contributed by atoms with Crippen LogP contribution in [0.25, 0.3) is 10.8 Å². The molecule has 0 spiro atoms. The molecule has 0 bridgehead atoms. The molecule has 1 fully saturated rings. The van der Waals surface area contributed by atoms with Crippen LogP contribution in [0.3, 0.4) is 0 Å². The molecule has 2 heterocycles. The first-order valence-electron chi connectivity index (χ1n) is 9.05. The third-order valence-electron chi connectivity index (χ3n) is 5.07. The van der Waals surface area contributed by atoms with Crippen LogP contribution < -0.4 is 0 Å². The normalized spacial score (nSPS) is 17.6. The number of hydrogen-bond acceptors (Lipinski definition) is 4. The molecule has 1 aliphatic rings. The Hall–Kier alpha value is -2.73. The first-order valence-corrected chi connectivity index (χ1v) is 9.05. The van der Waals surface area contributed by atoms with E-state index in [2.05, 4.69) is 34.6 Å². The molecule has 1 aliphatic heterocycles. The minimum absolute atomic E-state index is 0.00409. The summed E-state index contributed by atoms with van der Waals surface area (Å²) >= 11 is 0. The number of rotatable bonds is 4. The Morgan fingerprint density at radius 3 is 2.88 bits per heavy atom. The molecule has 1 aromatic heterocycles. The molecule has 0 aliphatic carbocycles. The lowest BCUT2D eigenvalue weighted by molar-refractivity contribution is 0.0497. The van der Waals surface area contributed by atoms with Crippen LogP contribution in [0.2, 0.25) is 0 Å². The highest BCUT2D eigenvalue weighted by Crippen LogP contribution is 2.20. The lowest BCUT2D eigenvalue weighted by Gasteiger charge is -2.33. The summed E-state index contributed by atoms with van der Waals surface area (Å²) in [7, 11) is 0. The van der Waals surface area contributed by atoms with Gasteiger partial charge in [0.05, 0.1) is 25.4 Å². The highest BCUT2D eigenvalue weighted by atomic mass is 16.3. The highest BCUT2D eigenvalue weighted by Gasteiger charge is 2.28. The van der Waals surface area contributed by atoms with Crippen LogP contribution in [0.5, 0.6) is 0 Å². The van der Waals surface area contributed by atoms with Crippen molar-refractivity contribution in [3.63, 3.8) is 0 Å². The topological polar surface area (TPSA) is 71.2 Å². The molecule has 6 nitrogen and oxygen atoms in total. The van der Waals surface area contributed by atoms with Gasteiger partial charge in [-0.2, -0.15) is 0 Å². The van der Waals surface area contributed by atoms with Crippen molar-refractivity contribution in [2.75, 3.05) is 13.2 Å². The van der Waals surface area contributed by atoms with Crippen molar-refractivity contribution in [3.8, 4) is 0 Å². The molecule has 1 amide bonds. The zero-order valence-corrected chi connectivity index (χ0v) is 14.6. The number of benzene rings is 2. The summed E-state index contributed by atoms with van der Waals surface area (Å²) in [5, 5.41) is 20.1. The van der Waals surface area contributed by atoms with Crippen molar-refractivity contribution in [2.45, 2.75) is 31.8 Å². The zero-order valence-electron chi connectivity index (χ0n) is 14.6. The van der Waals surface area contributed by atoms with Crippen molar-refractivity contribution in [1.29, 1.82) is 0 Å². The van der Waals surface area contributed by atoms with Gasteiger partial charge in [0.15, 0.2) is 5.69 Å². The Labute approximate surface area is 152 Å². The molecule has 134 valence electrons. The van der Waals surface area contributed by atoms with Crippen LogP contribution in [0.1, 0.15) is 35.3 Å². The van der Waals surface area contributed by atoms with Crippen LogP contribution in [0.15, 0.2) is 48.7 Å². The van der Waals surface area contributed by atoms with Crippen LogP contribution in [-0.4, -0.2) is 50.1 Å². The first-order chi connectivity index (χ1) is 12.8. The van der Waals surface area contributed by atoms with E-state index in [1.807, 2.05) is 18.2 Å². The van der Waals surface area contributed by atoms with E-state index >= 15 is 0 Å². The number of aliphatic hydroxyl groups is 1. The predicted molar refractivity (Wildman–Crippen MR) is 98.8 cm³/mol. The molecule has 2 aromatic carbocycles. The molecule has 4 rings (SSSR count). The fraction of sp³-hybridized carbons (Fsp3) is 0.350. The third kappa shape index (κ3) is 3.20. The van der Waals surface area contributed by atoms with E-state index in [0.717, 1.165) is 24.8 Å². The maximum atomic E-state index is 12.7. The van der Waals surface area contributed by atoms with Gasteiger partial charge in [-0.15, -0.1) is 5.10 Å². The van der Waals surface area contributed by atoms with Gasteiger partial charge in [0.25, 0.3) is 5.91 Å². The highest BCUT2D eigenvalue weighted by molar-refractivity contribution is 5.92. The summed E-state index contributed by atoms with van der Waals surface area (Å²) < 4.78 is 1.70. The molecular formula is C20H22N4O2. The molecule has 0 saturated carbocycles. The third-order valence-corrected chi connectivity index (χ3v) is 5.07. The number of likely N-dealkylation sites (tertiary alicyclic amines) is 1. The Morgan fingerprint density at radius 1 is 1.15 bits per heavy atom. The van der Waals surface area contributed by atoms with Crippen molar-refractivity contribution in [1.82, 2.24) is 19.9 Å². The number of aromatic nitrogens is 3. The standard InChI is InChI=1S/C20H22N4O2/c25-14-17-9-3-4-11-24(17)20(26)19-13-23(22-21-19)12-16-8-5-7-15-6-1-2-10-18(15)16/h1-2,5-8,10,13,17,25H,3-4,9,11-12,14H2/t17-/m0/s1. The monoisotopic (exact) mass is 350 g/mol. The molecule has 0 radical (unpaired) electrons. The lowest BCUT2D eigenvalue weighted by Crippen LogP contribution is -2.45. The van der Waals surface area contributed by atoms with Gasteiger partial charge in [-0.1, -0.05) is 47.7 Å². The summed E-state index contributed by atoms with van der Waals surface area (Å²) in [5.41, 5.74) is 1.48. The van der Waals surface area contributed by atoms with E-state index < -0.39 is 0 Å². The molecule has 6 heteroatoms. The number of fused-ring (bicyclic) bond motifs is 1. The summed E-state index contributed by atoms with van der Waals surface area (Å²) in [6, 6.07) is 14.3. The number of carbonyl (C=O) groups is 1. The Morgan fingerprint density at radius 2 is 2.00 bits per heavy atom. The zero-order chi connectivity index (χ0) is 17.9. The number of piperidine rings is 1. The minimum Gasteiger partial charge on any atom is -0.394 e. The summed E-state index contributed by atoms with van der Waals surface area (Å²) in [4.78, 5) is 14.5. The fourth-order valence-corrected chi connectivity index (χ4v) is 3.68. The minimum atomic E-state index is -0.145. The van der Waals surface area contributed by atoms with Crippen molar-refractivity contribution in [3.05, 3.63) is 59.9 Å². The second-order valence-corrected chi connectivity index (χ2v) is 6.77. The maximum Gasteiger partial charge on any atom is 0.276 e. The molecule has 1 atom stereocenters. The second-order valence-electron chi connectivity index (χ2n) is 6.77. The van der Waals surface area contributed by atoms with Crippen molar-refractivity contribution < 1.29 is 9.90 Å². The molecule has 1 saturated heterocycles. The van der Waals surface area contributed by atoms with E-state index in [4.69, 9.17) is 0 Å². The van der Waals surface area contributed by atoms with E-state index in [1.165, 1.54) is 10.8 Å². The van der Waals surface area contributed by atoms with Gasteiger partial charge >= 0.3 is 0 Å². The van der Waals surface area contributed by atoms with Gasteiger partial charge in [-0.05, 0) is 35.6 Å². The van der Waals surface area contributed by atoms with Gasteiger partial charge in [0.2, 0.25) is 0 Å². The Kier molecular flexibility index (Phi) is 4.67. The summed E-state index contributed by atoms with van der Waals surface area (Å²) in [6.07, 6.45) is 4.55. The lowest BCUT2D eigenvalue weighted by atomic mass is 10.0. The van der Waals surface area contributed by atoms with Crippen LogP contribution in [0, 0.1) is 0 Å². The SMILES string of the molecule is O=C(c1cn(Cc2cccc3ccccc23)nn1)N1CCCC[C@H]1CO. The van der Waals surface area contributed by atoms with E-state index in [9.17, 15) is 9.90 Å². The van der Waals surface area contributed by atoms with Gasteiger partial charge in [0.1, 0.15) is 0 Å². The molecule has 1 N–H and O–H groups in total. The number of aliphatic hydroxyl groups excluding tert-OH is 1. The van der Waals surface area contributed by atoms with Gasteiger partial charge in [-0.25, -0.2) is 4.68 Å². The fourth-order valence-electron chi connectivity index (χ4n) is 3.68. The van der Waals surface area contributed by atoms with Gasteiger partial charge in [-0.3, -0.25) is 4.79 Å². The quantitative estimate of drug-likeness (QED) is 0.785. The van der Waals surface area contributed by atoms with E-state index in [0.29, 0.717) is 18.8 Å². The average Bonchev–Trinajstić information content (AvgIpc) is 3.16. The number of hydrogen-bond donors (Lipinski definition) is 1. The molecule has 26 heavy (non-hydrogen) atoms. The number of carbonyl (C=O) groups excluding carboxylic acids is 1. The molecule has 0 unspecified atom stereocenters. The largest absolute Gasteiger partial charge is 0.394 e. The smallest absolute Gasteiger partial charge is 0.276 e. The summed E-state index contributed by atoms with van der Waals surface area (Å²) in [6.45, 7) is 1.22. The Balaban J connectivity index is 1.55. The van der Waals surface area contributed by atoms with E-state index in [-0.39, 0.29) is 18.6 Å².